The van der Waals surface area contributed by atoms with Gasteiger partial charge in [-0.2, -0.15) is 0 Å². The third-order valence-electron chi connectivity index (χ3n) is 3.66. The van der Waals surface area contributed by atoms with Gasteiger partial charge < -0.3 is 0 Å². The fourth-order valence-corrected chi connectivity index (χ4v) is 1.91. The fraction of sp³-hybridized carbons (Fsp3) is 1.00. The number of unbranched alkanes of at least 4 members (excludes halogenated alkanes) is 7. The van der Waals surface area contributed by atoms with Gasteiger partial charge in [0.05, 0.1) is 0 Å². The molecule has 0 spiro atoms. The van der Waals surface area contributed by atoms with Gasteiger partial charge in [-0.05, 0) is 11.8 Å². The first-order valence-corrected chi connectivity index (χ1v) is 16.5. The number of rotatable bonds is 10. The molecule has 0 unspecified atom stereocenters. The summed E-state index contributed by atoms with van der Waals surface area (Å²) < 4.78 is 0. The van der Waals surface area contributed by atoms with Crippen molar-refractivity contribution >= 4 is 40.0 Å². The molecule has 0 bridgehead atoms. The van der Waals surface area contributed by atoms with Crippen LogP contribution in [0.5, 0.6) is 0 Å². The van der Waals surface area contributed by atoms with Crippen LogP contribution in [0.15, 0.2) is 0 Å². The zero-order valence-corrected chi connectivity index (χ0v) is 18.5. The fourth-order valence-electron chi connectivity index (χ4n) is 1.91. The van der Waals surface area contributed by atoms with Crippen molar-refractivity contribution in [3.05, 3.63) is 0 Å². The molecule has 0 rings (SSSR count). The number of hydrogen-bond donors (Lipinski definition) is 0. The SMILES string of the molecule is CCCCCCCCCCC(C)(C)CC.[I][V][I]. The van der Waals surface area contributed by atoms with E-state index in [1.807, 2.05) is 0 Å². The Hall–Kier alpha value is 2.04. The second-order valence-corrected chi connectivity index (χ2v) is 17.6. The molecule has 0 nitrogen and oxygen atoms in total. The van der Waals surface area contributed by atoms with E-state index >= 15 is 0 Å². The quantitative estimate of drug-likeness (QED) is 0.206. The van der Waals surface area contributed by atoms with Crippen LogP contribution in [0.2, 0.25) is 0 Å². The van der Waals surface area contributed by atoms with Crippen LogP contribution in [0.4, 0.5) is 0 Å². The molecule has 0 atom stereocenters. The first-order valence-electron chi connectivity index (χ1n) is 7.46. The van der Waals surface area contributed by atoms with Crippen LogP contribution in [0.1, 0.15) is 91.9 Å². The van der Waals surface area contributed by atoms with E-state index in [4.69, 9.17) is 0 Å². The topological polar surface area (TPSA) is 0 Å². The average Bonchev–Trinajstić information content (AvgIpc) is 2.33. The van der Waals surface area contributed by atoms with Gasteiger partial charge in [-0.15, -0.1) is 0 Å². The first kappa shape index (κ1) is 22.3. The molecule has 111 valence electrons. The Labute approximate surface area is 145 Å². The standard InChI is InChI=1S/C15H32.2HI.V/c1-5-7-8-9-10-11-12-13-14-15(3,4)6-2;;;/h5-14H2,1-4H3;2*1H;/q;;;+2/p-2. The summed E-state index contributed by atoms with van der Waals surface area (Å²) in [6, 6.07) is 0. The maximum absolute atomic E-state index is 2.40. The van der Waals surface area contributed by atoms with Crippen molar-refractivity contribution in [1.29, 1.82) is 0 Å². The Morgan fingerprint density at radius 1 is 0.778 bits per heavy atom. The van der Waals surface area contributed by atoms with Crippen molar-refractivity contribution in [1.82, 2.24) is 0 Å². The summed E-state index contributed by atoms with van der Waals surface area (Å²) in [7, 11) is 0.628. The molecule has 0 radical (unpaired) electrons. The minimum absolute atomic E-state index is 0.586. The van der Waals surface area contributed by atoms with Crippen LogP contribution < -0.4 is 0 Å². The molecule has 0 N–H and O–H groups in total. The van der Waals surface area contributed by atoms with Crippen molar-refractivity contribution < 1.29 is 9.47 Å². The number of hydrogen-bond acceptors (Lipinski definition) is 0. The predicted molar refractivity (Wildman–Crippen MR) is 99.3 cm³/mol. The molecule has 0 aromatic heterocycles. The molecule has 0 aliphatic carbocycles. The second-order valence-electron chi connectivity index (χ2n) is 5.81. The molecule has 0 aliphatic heterocycles. The van der Waals surface area contributed by atoms with Crippen molar-refractivity contribution in [2.24, 2.45) is 5.41 Å². The van der Waals surface area contributed by atoms with E-state index in [0.717, 1.165) is 0 Å². The summed E-state index contributed by atoms with van der Waals surface area (Å²) in [5, 5.41) is 0. The third-order valence-corrected chi connectivity index (χ3v) is 3.66. The van der Waals surface area contributed by atoms with Gasteiger partial charge in [0.25, 0.3) is 0 Å². The van der Waals surface area contributed by atoms with Crippen molar-refractivity contribution in [3.8, 4) is 0 Å². The molecule has 0 saturated heterocycles. The van der Waals surface area contributed by atoms with Gasteiger partial charge in [0.15, 0.2) is 0 Å². The average molecular weight is 517 g/mol. The van der Waals surface area contributed by atoms with E-state index in [9.17, 15) is 0 Å². The van der Waals surface area contributed by atoms with E-state index in [2.05, 4.69) is 67.7 Å². The second kappa shape index (κ2) is 17.1. The van der Waals surface area contributed by atoms with Crippen LogP contribution in [0.25, 0.3) is 0 Å². The van der Waals surface area contributed by atoms with Crippen LogP contribution in [0, 0.1) is 5.41 Å². The molecular formula is C15H32I2V. The molecule has 0 aromatic rings. The van der Waals surface area contributed by atoms with E-state index in [0.29, 0.717) is 14.9 Å². The Kier molecular flexibility index (Phi) is 21.2. The van der Waals surface area contributed by atoms with Gasteiger partial charge in [-0.1, -0.05) is 85.5 Å². The van der Waals surface area contributed by atoms with E-state index in [-0.39, 0.29) is 0 Å². The maximum atomic E-state index is 2.40. The van der Waals surface area contributed by atoms with Gasteiger partial charge in [0, 0.05) is 0 Å². The monoisotopic (exact) mass is 517 g/mol. The Morgan fingerprint density at radius 3 is 1.56 bits per heavy atom. The van der Waals surface area contributed by atoms with Crippen LogP contribution in [-0.4, -0.2) is 0 Å². The van der Waals surface area contributed by atoms with E-state index < -0.39 is 0 Å². The summed E-state index contributed by atoms with van der Waals surface area (Å²) in [5.74, 6) is 0. The van der Waals surface area contributed by atoms with Gasteiger partial charge >= 0.3 is 49.4 Å². The number of halogens is 2. The van der Waals surface area contributed by atoms with E-state index in [1.165, 1.54) is 64.2 Å². The van der Waals surface area contributed by atoms with Gasteiger partial charge in [-0.3, -0.25) is 0 Å². The summed E-state index contributed by atoms with van der Waals surface area (Å²) in [6.45, 7) is 9.39. The molecule has 0 amide bonds. The normalized spacial score (nSPS) is 10.8. The molecule has 0 aromatic carbocycles. The van der Waals surface area contributed by atoms with Gasteiger partial charge in [0.2, 0.25) is 0 Å². The van der Waals surface area contributed by atoms with Crippen molar-refractivity contribution in [2.75, 3.05) is 0 Å². The molecule has 0 fully saturated rings. The Morgan fingerprint density at radius 2 is 1.17 bits per heavy atom. The molecule has 3 heteroatoms. The summed E-state index contributed by atoms with van der Waals surface area (Å²) in [6.07, 6.45) is 14.3. The third kappa shape index (κ3) is 20.4. The molecule has 0 heterocycles. The van der Waals surface area contributed by atoms with Gasteiger partial charge in [-0.25, -0.2) is 0 Å². The first-order chi connectivity index (χ1) is 8.54. The minimum atomic E-state index is 0.586. The summed E-state index contributed by atoms with van der Waals surface area (Å²) >= 11 is 4.74. The zero-order valence-electron chi connectivity index (χ0n) is 12.8. The zero-order chi connectivity index (χ0) is 14.3. The van der Waals surface area contributed by atoms with Crippen LogP contribution in [-0.2, 0) is 9.47 Å². The van der Waals surface area contributed by atoms with Crippen molar-refractivity contribution in [2.45, 2.75) is 91.9 Å². The molecule has 0 aliphatic rings. The Bertz CT molecular complexity index is 149. The predicted octanol–water partition coefficient (Wildman–Crippen LogP) is 7.72. The molecular weight excluding hydrogens is 485 g/mol. The van der Waals surface area contributed by atoms with E-state index in [1.54, 1.807) is 0 Å². The van der Waals surface area contributed by atoms with Crippen LogP contribution >= 0.6 is 40.0 Å². The summed E-state index contributed by atoms with van der Waals surface area (Å²) in [5.41, 5.74) is 0.586. The Balaban J connectivity index is 0. The molecule has 0 saturated carbocycles. The van der Waals surface area contributed by atoms with Gasteiger partial charge in [0.1, 0.15) is 0 Å². The van der Waals surface area contributed by atoms with Crippen LogP contribution in [0.3, 0.4) is 0 Å². The summed E-state index contributed by atoms with van der Waals surface area (Å²) in [4.78, 5) is 0. The van der Waals surface area contributed by atoms with Crippen molar-refractivity contribution in [3.63, 3.8) is 0 Å². The molecule has 18 heavy (non-hydrogen) atoms.